The van der Waals surface area contributed by atoms with Gasteiger partial charge >= 0.3 is 5.97 Å². The van der Waals surface area contributed by atoms with E-state index in [0.29, 0.717) is 24.3 Å². The predicted octanol–water partition coefficient (Wildman–Crippen LogP) is 7.45. The fourth-order valence-corrected chi connectivity index (χ4v) is 5.73. The molecule has 0 aliphatic carbocycles. The van der Waals surface area contributed by atoms with E-state index in [0.717, 1.165) is 5.57 Å². The maximum Gasteiger partial charge on any atom is 0.373 e. The van der Waals surface area contributed by atoms with Crippen LogP contribution < -0.4 is 10.6 Å². The summed E-state index contributed by atoms with van der Waals surface area (Å²) in [5.41, 5.74) is 0.350. The lowest BCUT2D eigenvalue weighted by Gasteiger charge is -2.39. The molecule has 2 unspecified atom stereocenters. The van der Waals surface area contributed by atoms with Crippen molar-refractivity contribution in [1.29, 1.82) is 0 Å². The zero-order valence-electron chi connectivity index (χ0n) is 29.8. The van der Waals surface area contributed by atoms with Gasteiger partial charge in [-0.3, -0.25) is 9.59 Å². The Morgan fingerprint density at radius 1 is 1.17 bits per heavy atom. The van der Waals surface area contributed by atoms with Crippen LogP contribution in [0, 0.1) is 23.2 Å². The van der Waals surface area contributed by atoms with Crippen molar-refractivity contribution in [3.05, 3.63) is 59.0 Å². The lowest BCUT2D eigenvalue weighted by atomic mass is 9.86. The second-order valence-corrected chi connectivity index (χ2v) is 19.6. The number of hydrogen-bond donors (Lipinski definition) is 2. The maximum absolute atomic E-state index is 13.1. The quantitative estimate of drug-likeness (QED) is 0.0911. The number of rotatable bonds is 13. The van der Waals surface area contributed by atoms with Crippen LogP contribution in [0.1, 0.15) is 81.6 Å². The van der Waals surface area contributed by atoms with Gasteiger partial charge in [0.05, 0.1) is 13.2 Å². The Kier molecular flexibility index (Phi) is 16.3. The van der Waals surface area contributed by atoms with E-state index >= 15 is 0 Å². The van der Waals surface area contributed by atoms with Crippen LogP contribution in [-0.2, 0) is 28.3 Å². The number of carbonyl (C=O) groups excluding carboxylic acids is 3. The molecular formula is C36H55ClN2O6Si. The van der Waals surface area contributed by atoms with E-state index in [2.05, 4.69) is 56.3 Å². The Labute approximate surface area is 283 Å². The van der Waals surface area contributed by atoms with Crippen molar-refractivity contribution >= 4 is 37.7 Å². The number of ether oxygens (including phenoxy) is 2. The van der Waals surface area contributed by atoms with Gasteiger partial charge < -0.3 is 24.5 Å². The summed E-state index contributed by atoms with van der Waals surface area (Å²) in [6, 6.07) is -0.808. The molecule has 46 heavy (non-hydrogen) atoms. The number of cyclic esters (lactones) is 1. The Hall–Kier alpha value is -3.06. The Morgan fingerprint density at radius 3 is 2.37 bits per heavy atom. The number of methoxy groups -OCH3 is 1. The van der Waals surface area contributed by atoms with Crippen molar-refractivity contribution in [2.75, 3.05) is 7.11 Å². The fourth-order valence-electron chi connectivity index (χ4n) is 4.26. The minimum Gasteiger partial charge on any atom is -0.490 e. The summed E-state index contributed by atoms with van der Waals surface area (Å²) in [5.74, 6) is 4.11. The van der Waals surface area contributed by atoms with E-state index < -0.39 is 31.7 Å². The fraction of sp³-hybridized carbons (Fsp3) is 0.583. The smallest absolute Gasteiger partial charge is 0.373 e. The molecule has 0 aromatic carbocycles. The molecule has 1 aliphatic rings. The van der Waals surface area contributed by atoms with Gasteiger partial charge in [-0.25, -0.2) is 4.79 Å². The van der Waals surface area contributed by atoms with Crippen LogP contribution in [0.4, 0.5) is 0 Å². The van der Waals surface area contributed by atoms with Crippen molar-refractivity contribution in [3.63, 3.8) is 0 Å². The van der Waals surface area contributed by atoms with Crippen molar-refractivity contribution in [2.24, 2.45) is 11.3 Å². The van der Waals surface area contributed by atoms with Crippen LogP contribution in [0.15, 0.2) is 59.0 Å². The molecule has 0 spiro atoms. The molecule has 0 saturated carbocycles. The highest BCUT2D eigenvalue weighted by Gasteiger charge is 2.39. The highest BCUT2D eigenvalue weighted by molar-refractivity contribution is 6.74. The van der Waals surface area contributed by atoms with E-state index in [4.69, 9.17) is 25.5 Å². The number of nitrogens with one attached hydrogen (secondary N) is 2. The second kappa shape index (κ2) is 18.3. The monoisotopic (exact) mass is 674 g/mol. The summed E-state index contributed by atoms with van der Waals surface area (Å²) in [7, 11) is -0.567. The zero-order chi connectivity index (χ0) is 35.3. The molecule has 4 atom stereocenters. The van der Waals surface area contributed by atoms with Crippen molar-refractivity contribution < 1.29 is 28.3 Å². The van der Waals surface area contributed by atoms with E-state index in [1.165, 1.54) is 7.11 Å². The summed E-state index contributed by atoms with van der Waals surface area (Å²) in [6.07, 6.45) is 14.0. The first-order valence-corrected chi connectivity index (χ1v) is 19.0. The largest absolute Gasteiger partial charge is 0.490 e. The molecule has 1 aliphatic heterocycles. The average molecular weight is 675 g/mol. The van der Waals surface area contributed by atoms with Gasteiger partial charge in [0.1, 0.15) is 12.1 Å². The first-order chi connectivity index (χ1) is 21.2. The van der Waals surface area contributed by atoms with E-state index in [-0.39, 0.29) is 34.8 Å². The minimum atomic E-state index is -2.01. The molecule has 10 heteroatoms. The number of hydrogen-bond acceptors (Lipinski definition) is 6. The first kappa shape index (κ1) is 41.0. The van der Waals surface area contributed by atoms with Gasteiger partial charge in [0.2, 0.25) is 5.91 Å². The molecule has 2 N–H and O–H groups in total. The van der Waals surface area contributed by atoms with Gasteiger partial charge in [-0.2, -0.15) is 0 Å². The summed E-state index contributed by atoms with van der Waals surface area (Å²) in [5, 5.41) is 6.34. The van der Waals surface area contributed by atoms with Crippen molar-refractivity contribution in [3.8, 4) is 11.8 Å². The average Bonchev–Trinajstić information content (AvgIpc) is 2.93. The molecule has 0 aromatic rings. The molecule has 2 amide bonds. The number of allylic oxidation sites excluding steroid dienone is 4. The van der Waals surface area contributed by atoms with Crippen LogP contribution in [0.3, 0.4) is 0 Å². The lowest BCUT2D eigenvalue weighted by Crippen LogP contribution is -2.52. The first-order valence-electron chi connectivity index (χ1n) is 15.8. The molecule has 1 rings (SSSR count). The topological polar surface area (TPSA) is 103 Å². The van der Waals surface area contributed by atoms with Crippen molar-refractivity contribution in [1.82, 2.24) is 10.6 Å². The summed E-state index contributed by atoms with van der Waals surface area (Å²) in [6.45, 7) is 22.4. The molecule has 8 nitrogen and oxygen atoms in total. The summed E-state index contributed by atoms with van der Waals surface area (Å²) in [4.78, 5) is 37.7. The van der Waals surface area contributed by atoms with E-state index in [9.17, 15) is 14.4 Å². The molecule has 0 fully saturated rings. The summed E-state index contributed by atoms with van der Waals surface area (Å²) < 4.78 is 17.0. The summed E-state index contributed by atoms with van der Waals surface area (Å²) >= 11 is 6.09. The van der Waals surface area contributed by atoms with Gasteiger partial charge in [-0.15, -0.1) is 0 Å². The van der Waals surface area contributed by atoms with Gasteiger partial charge in [0.15, 0.2) is 14.1 Å². The molecule has 1 heterocycles. The molecule has 0 aromatic heterocycles. The lowest BCUT2D eigenvalue weighted by molar-refractivity contribution is -0.151. The van der Waals surface area contributed by atoms with Crippen LogP contribution in [0.25, 0.3) is 0 Å². The number of halogens is 1. The highest BCUT2D eigenvalue weighted by atomic mass is 35.5. The van der Waals surface area contributed by atoms with Crippen LogP contribution in [-0.4, -0.2) is 51.5 Å². The van der Waals surface area contributed by atoms with Gasteiger partial charge in [-0.1, -0.05) is 95.9 Å². The van der Waals surface area contributed by atoms with E-state index in [1.54, 1.807) is 24.4 Å². The van der Waals surface area contributed by atoms with Gasteiger partial charge in [-0.05, 0) is 74.5 Å². The molecular weight excluding hydrogens is 620 g/mol. The molecule has 0 bridgehead atoms. The Balaban J connectivity index is 2.81. The van der Waals surface area contributed by atoms with Crippen LogP contribution in [0.5, 0.6) is 0 Å². The molecule has 0 saturated heterocycles. The zero-order valence-corrected chi connectivity index (χ0v) is 31.6. The van der Waals surface area contributed by atoms with Gasteiger partial charge in [0, 0.05) is 17.4 Å². The number of carbonyl (C=O) groups is 3. The maximum atomic E-state index is 13.1. The van der Waals surface area contributed by atoms with Crippen molar-refractivity contribution in [2.45, 2.75) is 118 Å². The SMILES string of the molecule is COC1=CCC([C@H](C)/C=C(C)/C=C/C#CC(=O)NC(C(=O)N/C=C/C[C@@H](C/C=C(/C)Cl)O[Si](C)(C)C(C)(C)C)C(C)(C)C)OC1=O. The third kappa shape index (κ3) is 14.6. The Morgan fingerprint density at radius 2 is 1.83 bits per heavy atom. The molecule has 0 radical (unpaired) electrons. The van der Waals surface area contributed by atoms with Crippen LogP contribution in [0.2, 0.25) is 18.1 Å². The third-order valence-corrected chi connectivity index (χ3v) is 12.7. The van der Waals surface area contributed by atoms with E-state index in [1.807, 2.05) is 59.8 Å². The normalized spacial score (nSPS) is 18.7. The third-order valence-electron chi connectivity index (χ3n) is 8.02. The predicted molar refractivity (Wildman–Crippen MR) is 189 cm³/mol. The number of esters is 1. The van der Waals surface area contributed by atoms with Gasteiger partial charge in [0.25, 0.3) is 5.91 Å². The number of amides is 2. The minimum absolute atomic E-state index is 0.0260. The second-order valence-electron chi connectivity index (χ2n) is 14.3. The van der Waals surface area contributed by atoms with Crippen LogP contribution >= 0.6 is 11.6 Å². The highest BCUT2D eigenvalue weighted by Crippen LogP contribution is 2.38. The standard InChI is InChI=1S/C36H55ClN2O6Si/c1-25(24-26(2)29-21-22-30(43-10)34(42)44-29)16-13-14-18-31(40)39-32(35(4,5)6)33(41)38-23-15-17-28(20-19-27(3)37)45-46(11,12)36(7,8)9/h13,15-16,19,22-24,26,28-29,32H,17,20-21H2,1-12H3,(H,38,41)(H,39,40)/b16-13+,23-15+,25-24+,27-19-/t26-,28+,29?,32?/m1/s1. The Bertz CT molecular complexity index is 1280. The molecule has 256 valence electrons.